The van der Waals surface area contributed by atoms with E-state index in [1.54, 1.807) is 7.11 Å². The van der Waals surface area contributed by atoms with E-state index in [1.165, 1.54) is 0 Å². The molecule has 0 amide bonds. The Morgan fingerprint density at radius 3 is 2.88 bits per heavy atom. The molecule has 3 heteroatoms. The van der Waals surface area contributed by atoms with Crippen LogP contribution in [0.1, 0.15) is 0 Å². The standard InChI is InChI=1S/C5H11N2O/c1-7-4-3-6-5(7)8-2/h3,5-6H,4H2,1-2H3. The molecule has 1 unspecified atom stereocenters. The first-order chi connectivity index (χ1) is 3.84. The van der Waals surface area contributed by atoms with Gasteiger partial charge in [0.25, 0.3) is 0 Å². The van der Waals surface area contributed by atoms with Gasteiger partial charge in [-0.25, -0.2) is 0 Å². The van der Waals surface area contributed by atoms with E-state index in [-0.39, 0.29) is 6.35 Å². The topological polar surface area (TPSA) is 24.5 Å². The van der Waals surface area contributed by atoms with Gasteiger partial charge in [0.1, 0.15) is 0 Å². The highest BCUT2D eigenvalue weighted by atomic mass is 16.5. The largest absolute Gasteiger partial charge is 0.353 e. The van der Waals surface area contributed by atoms with Crippen molar-refractivity contribution in [3.05, 3.63) is 6.54 Å². The summed E-state index contributed by atoms with van der Waals surface area (Å²) >= 11 is 0. The van der Waals surface area contributed by atoms with E-state index in [9.17, 15) is 0 Å². The fraction of sp³-hybridized carbons (Fsp3) is 0.800. The molecule has 0 aliphatic carbocycles. The number of nitrogens with one attached hydrogen (secondary N) is 1. The molecule has 0 aromatic carbocycles. The molecule has 3 nitrogen and oxygen atoms in total. The van der Waals surface area contributed by atoms with Crippen LogP contribution in [0.2, 0.25) is 0 Å². The fourth-order valence-electron chi connectivity index (χ4n) is 0.768. The predicted molar refractivity (Wildman–Crippen MR) is 30.9 cm³/mol. The Bertz CT molecular complexity index is 76.8. The Labute approximate surface area is 49.6 Å². The lowest BCUT2D eigenvalue weighted by Crippen LogP contribution is -2.33. The van der Waals surface area contributed by atoms with Crippen molar-refractivity contribution < 1.29 is 4.74 Å². The maximum absolute atomic E-state index is 5.01. The second-order valence-electron chi connectivity index (χ2n) is 1.90. The van der Waals surface area contributed by atoms with Gasteiger partial charge in [-0.15, -0.1) is 0 Å². The molecule has 8 heavy (non-hydrogen) atoms. The van der Waals surface area contributed by atoms with Gasteiger partial charge in [0.05, 0.1) is 0 Å². The molecule has 1 rings (SSSR count). The summed E-state index contributed by atoms with van der Waals surface area (Å²) in [5, 5.41) is 3.03. The lowest BCUT2D eigenvalue weighted by atomic mass is 10.7. The van der Waals surface area contributed by atoms with E-state index in [1.807, 2.05) is 13.6 Å². The van der Waals surface area contributed by atoms with Gasteiger partial charge in [-0.05, 0) is 7.05 Å². The second-order valence-corrected chi connectivity index (χ2v) is 1.90. The third-order valence-corrected chi connectivity index (χ3v) is 1.26. The quantitative estimate of drug-likeness (QED) is 0.504. The van der Waals surface area contributed by atoms with Crippen LogP contribution in [0, 0.1) is 6.54 Å². The Kier molecular flexibility index (Phi) is 1.83. The zero-order chi connectivity index (χ0) is 5.98. The summed E-state index contributed by atoms with van der Waals surface area (Å²) in [6, 6.07) is 0. The van der Waals surface area contributed by atoms with Gasteiger partial charge >= 0.3 is 0 Å². The Morgan fingerprint density at radius 1 is 1.88 bits per heavy atom. The first-order valence-electron chi connectivity index (χ1n) is 2.65. The summed E-state index contributed by atoms with van der Waals surface area (Å²) in [5.74, 6) is 0. The predicted octanol–water partition coefficient (Wildman–Crippen LogP) is -0.387. The molecular weight excluding hydrogens is 104 g/mol. The molecule has 0 spiro atoms. The first-order valence-corrected chi connectivity index (χ1v) is 2.65. The fourth-order valence-corrected chi connectivity index (χ4v) is 0.768. The molecule has 1 aliphatic heterocycles. The Hall–Kier alpha value is -0.120. The number of nitrogens with zero attached hydrogens (tertiary/aromatic N) is 1. The van der Waals surface area contributed by atoms with Crippen LogP contribution in [-0.4, -0.2) is 32.0 Å². The molecule has 0 saturated carbocycles. The average molecular weight is 115 g/mol. The van der Waals surface area contributed by atoms with Crippen LogP contribution in [-0.2, 0) is 4.74 Å². The molecule has 0 aromatic rings. The Morgan fingerprint density at radius 2 is 2.62 bits per heavy atom. The van der Waals surface area contributed by atoms with Crippen molar-refractivity contribution in [1.82, 2.24) is 10.2 Å². The van der Waals surface area contributed by atoms with Crippen LogP contribution in [0.5, 0.6) is 0 Å². The molecular formula is C5H11N2O. The summed E-state index contributed by atoms with van der Waals surface area (Å²) in [5.41, 5.74) is 0. The van der Waals surface area contributed by atoms with Crippen LogP contribution in [0.15, 0.2) is 0 Å². The zero-order valence-corrected chi connectivity index (χ0v) is 5.22. The number of likely N-dealkylation sites (N-methyl/N-ethyl adjacent to an activating group) is 1. The minimum absolute atomic E-state index is 0.0926. The molecule has 1 saturated heterocycles. The van der Waals surface area contributed by atoms with Gasteiger partial charge in [-0.3, -0.25) is 10.2 Å². The monoisotopic (exact) mass is 115 g/mol. The SMILES string of the molecule is COC1N[CH]CN1C. The van der Waals surface area contributed by atoms with E-state index in [4.69, 9.17) is 4.74 Å². The average Bonchev–Trinajstić information content (AvgIpc) is 2.14. The van der Waals surface area contributed by atoms with Gasteiger partial charge in [0.2, 0.25) is 0 Å². The van der Waals surface area contributed by atoms with Crippen LogP contribution >= 0.6 is 0 Å². The van der Waals surface area contributed by atoms with Crippen molar-refractivity contribution in [3.8, 4) is 0 Å². The number of rotatable bonds is 1. The van der Waals surface area contributed by atoms with Gasteiger partial charge < -0.3 is 4.74 Å². The summed E-state index contributed by atoms with van der Waals surface area (Å²) in [4.78, 5) is 2.07. The van der Waals surface area contributed by atoms with Crippen LogP contribution in [0.25, 0.3) is 0 Å². The lowest BCUT2D eigenvalue weighted by molar-refractivity contribution is -0.00399. The van der Waals surface area contributed by atoms with E-state index in [2.05, 4.69) is 10.2 Å². The van der Waals surface area contributed by atoms with Crippen LogP contribution in [0.3, 0.4) is 0 Å². The minimum Gasteiger partial charge on any atom is -0.353 e. The van der Waals surface area contributed by atoms with Crippen molar-refractivity contribution in [2.24, 2.45) is 0 Å². The van der Waals surface area contributed by atoms with Gasteiger partial charge in [-0.2, -0.15) is 0 Å². The highest BCUT2D eigenvalue weighted by Crippen LogP contribution is 2.00. The highest BCUT2D eigenvalue weighted by Gasteiger charge is 2.18. The molecule has 1 radical (unpaired) electrons. The van der Waals surface area contributed by atoms with Crippen molar-refractivity contribution in [2.45, 2.75) is 6.35 Å². The zero-order valence-electron chi connectivity index (χ0n) is 5.22. The summed E-state index contributed by atoms with van der Waals surface area (Å²) in [6.45, 7) is 2.94. The van der Waals surface area contributed by atoms with Crippen molar-refractivity contribution in [2.75, 3.05) is 20.7 Å². The van der Waals surface area contributed by atoms with Gasteiger partial charge in [-0.1, -0.05) is 0 Å². The minimum atomic E-state index is 0.0926. The molecule has 1 atom stereocenters. The summed E-state index contributed by atoms with van der Waals surface area (Å²) < 4.78 is 5.01. The highest BCUT2D eigenvalue weighted by molar-refractivity contribution is 4.77. The molecule has 0 bridgehead atoms. The van der Waals surface area contributed by atoms with Crippen molar-refractivity contribution >= 4 is 0 Å². The number of hydrogen-bond donors (Lipinski definition) is 1. The third kappa shape index (κ3) is 0.992. The third-order valence-electron chi connectivity index (χ3n) is 1.26. The smallest absolute Gasteiger partial charge is 0.165 e. The van der Waals surface area contributed by atoms with Crippen LogP contribution < -0.4 is 5.32 Å². The number of hydrogen-bond acceptors (Lipinski definition) is 3. The number of methoxy groups -OCH3 is 1. The van der Waals surface area contributed by atoms with Gasteiger partial charge in [0, 0.05) is 20.2 Å². The van der Waals surface area contributed by atoms with Crippen molar-refractivity contribution in [3.63, 3.8) is 0 Å². The van der Waals surface area contributed by atoms with Crippen molar-refractivity contribution in [1.29, 1.82) is 0 Å². The molecule has 47 valence electrons. The molecule has 1 fully saturated rings. The van der Waals surface area contributed by atoms with E-state index in [0.717, 1.165) is 6.54 Å². The summed E-state index contributed by atoms with van der Waals surface area (Å²) in [6.07, 6.45) is 0.0926. The van der Waals surface area contributed by atoms with Crippen LogP contribution in [0.4, 0.5) is 0 Å². The molecule has 1 N–H and O–H groups in total. The molecule has 0 aromatic heterocycles. The molecule has 1 aliphatic rings. The lowest BCUT2D eigenvalue weighted by Gasteiger charge is -2.15. The van der Waals surface area contributed by atoms with Gasteiger partial charge in [0.15, 0.2) is 6.35 Å². The Balaban J connectivity index is 2.30. The van der Waals surface area contributed by atoms with E-state index < -0.39 is 0 Å². The molecule has 1 heterocycles. The second kappa shape index (κ2) is 2.44. The maximum atomic E-state index is 5.01. The first kappa shape index (κ1) is 6.01. The van der Waals surface area contributed by atoms with E-state index >= 15 is 0 Å². The maximum Gasteiger partial charge on any atom is 0.165 e. The normalized spacial score (nSPS) is 31.5. The van der Waals surface area contributed by atoms with E-state index in [0.29, 0.717) is 0 Å². The summed E-state index contributed by atoms with van der Waals surface area (Å²) in [7, 11) is 3.69. The number of ether oxygens (including phenoxy) is 1.